The third kappa shape index (κ3) is 3.29. The van der Waals surface area contributed by atoms with E-state index >= 15 is 0 Å². The maximum atomic E-state index is 12.0. The number of hydrogen-bond acceptors (Lipinski definition) is 5. The predicted octanol–water partition coefficient (Wildman–Crippen LogP) is 2.28. The molecule has 0 spiro atoms. The van der Waals surface area contributed by atoms with E-state index in [9.17, 15) is 9.59 Å². The lowest BCUT2D eigenvalue weighted by molar-refractivity contribution is -0.146. The van der Waals surface area contributed by atoms with Crippen molar-refractivity contribution in [3.05, 3.63) is 29.3 Å². The highest BCUT2D eigenvalue weighted by atomic mass is 16.5. The molecule has 0 radical (unpaired) electrons. The Morgan fingerprint density at radius 2 is 1.85 bits per heavy atom. The molecule has 0 aromatic heterocycles. The fourth-order valence-electron chi connectivity index (χ4n) is 1.77. The number of anilines is 1. The van der Waals surface area contributed by atoms with Gasteiger partial charge in [-0.3, -0.25) is 4.79 Å². The summed E-state index contributed by atoms with van der Waals surface area (Å²) in [5.74, 6) is -0.884. The van der Waals surface area contributed by atoms with Crippen LogP contribution < -0.4 is 5.73 Å². The van der Waals surface area contributed by atoms with E-state index in [4.69, 9.17) is 15.2 Å². The zero-order chi connectivity index (χ0) is 15.5. The van der Waals surface area contributed by atoms with Gasteiger partial charge in [0.2, 0.25) is 0 Å². The summed E-state index contributed by atoms with van der Waals surface area (Å²) in [6.07, 6.45) is -0.237. The fourth-order valence-corrected chi connectivity index (χ4v) is 1.77. The van der Waals surface area contributed by atoms with Crippen LogP contribution in [0.4, 0.5) is 5.69 Å². The SMILES string of the molecule is COC(=O)C(C)(C)c1ccc(N)c(C(=O)OC(C)C)c1. The van der Waals surface area contributed by atoms with Crippen LogP contribution in [-0.2, 0) is 19.7 Å². The predicted molar refractivity (Wildman–Crippen MR) is 76.4 cm³/mol. The summed E-state index contributed by atoms with van der Waals surface area (Å²) in [6.45, 7) is 6.97. The van der Waals surface area contributed by atoms with Crippen molar-refractivity contribution in [3.63, 3.8) is 0 Å². The van der Waals surface area contributed by atoms with Crippen LogP contribution in [0.1, 0.15) is 43.6 Å². The molecule has 0 aliphatic rings. The molecule has 0 saturated carbocycles. The Kier molecular flexibility index (Phi) is 4.76. The third-order valence-corrected chi connectivity index (χ3v) is 3.03. The summed E-state index contributed by atoms with van der Waals surface area (Å²) < 4.78 is 9.91. The summed E-state index contributed by atoms with van der Waals surface area (Å²) in [5.41, 5.74) is 6.16. The number of carbonyl (C=O) groups is 2. The van der Waals surface area contributed by atoms with Gasteiger partial charge in [0, 0.05) is 5.69 Å². The van der Waals surface area contributed by atoms with Crippen molar-refractivity contribution in [2.24, 2.45) is 0 Å². The molecule has 1 rings (SSSR count). The minimum absolute atomic E-state index is 0.237. The smallest absolute Gasteiger partial charge is 0.340 e. The molecular formula is C15H21NO4. The van der Waals surface area contributed by atoms with Crippen LogP contribution in [0.25, 0.3) is 0 Å². The molecule has 0 atom stereocenters. The Labute approximate surface area is 119 Å². The largest absolute Gasteiger partial charge is 0.468 e. The highest BCUT2D eigenvalue weighted by Gasteiger charge is 2.32. The lowest BCUT2D eigenvalue weighted by atomic mass is 9.83. The van der Waals surface area contributed by atoms with Gasteiger partial charge in [-0.15, -0.1) is 0 Å². The van der Waals surface area contributed by atoms with Crippen LogP contribution in [0.15, 0.2) is 18.2 Å². The van der Waals surface area contributed by atoms with Gasteiger partial charge in [-0.1, -0.05) is 6.07 Å². The molecule has 1 aromatic carbocycles. The minimum Gasteiger partial charge on any atom is -0.468 e. The number of nitrogen functional groups attached to an aromatic ring is 1. The van der Waals surface area contributed by atoms with Crippen molar-refractivity contribution < 1.29 is 19.1 Å². The molecule has 0 amide bonds. The number of carbonyl (C=O) groups excluding carboxylic acids is 2. The van der Waals surface area contributed by atoms with E-state index in [0.29, 0.717) is 11.3 Å². The minimum atomic E-state index is -0.866. The summed E-state index contributed by atoms with van der Waals surface area (Å²) in [4.78, 5) is 23.8. The van der Waals surface area contributed by atoms with Crippen LogP contribution in [0.2, 0.25) is 0 Å². The van der Waals surface area contributed by atoms with Crippen molar-refractivity contribution in [1.29, 1.82) is 0 Å². The van der Waals surface area contributed by atoms with E-state index in [1.165, 1.54) is 7.11 Å². The molecule has 1 aromatic rings. The zero-order valence-electron chi connectivity index (χ0n) is 12.5. The number of ether oxygens (including phenoxy) is 2. The Bertz CT molecular complexity index is 521. The van der Waals surface area contributed by atoms with E-state index in [0.717, 1.165) is 0 Å². The maximum absolute atomic E-state index is 12.0. The Morgan fingerprint density at radius 1 is 1.25 bits per heavy atom. The van der Waals surface area contributed by atoms with E-state index in [2.05, 4.69) is 0 Å². The first-order valence-electron chi connectivity index (χ1n) is 6.39. The number of hydrogen-bond donors (Lipinski definition) is 1. The van der Waals surface area contributed by atoms with Crippen molar-refractivity contribution >= 4 is 17.6 Å². The Hall–Kier alpha value is -2.04. The summed E-state index contributed by atoms with van der Waals surface area (Å²) >= 11 is 0. The second kappa shape index (κ2) is 5.94. The third-order valence-electron chi connectivity index (χ3n) is 3.03. The van der Waals surface area contributed by atoms with Gasteiger partial charge in [-0.05, 0) is 45.4 Å². The van der Waals surface area contributed by atoms with Crippen molar-refractivity contribution in [3.8, 4) is 0 Å². The van der Waals surface area contributed by atoms with E-state index in [1.54, 1.807) is 45.9 Å². The summed E-state index contributed by atoms with van der Waals surface area (Å²) in [6, 6.07) is 4.88. The maximum Gasteiger partial charge on any atom is 0.340 e. The average Bonchev–Trinajstić information content (AvgIpc) is 2.36. The van der Waals surface area contributed by atoms with E-state index in [-0.39, 0.29) is 17.6 Å². The second-order valence-corrected chi connectivity index (χ2v) is 5.37. The highest BCUT2D eigenvalue weighted by Crippen LogP contribution is 2.28. The van der Waals surface area contributed by atoms with Crippen molar-refractivity contribution in [2.45, 2.75) is 39.2 Å². The second-order valence-electron chi connectivity index (χ2n) is 5.37. The number of methoxy groups -OCH3 is 1. The van der Waals surface area contributed by atoms with Gasteiger partial charge in [-0.25, -0.2) is 4.79 Å². The molecule has 5 nitrogen and oxygen atoms in total. The van der Waals surface area contributed by atoms with Gasteiger partial charge >= 0.3 is 11.9 Å². The zero-order valence-corrected chi connectivity index (χ0v) is 12.5. The number of esters is 2. The lowest BCUT2D eigenvalue weighted by Gasteiger charge is -2.23. The molecule has 2 N–H and O–H groups in total. The molecule has 0 aliphatic carbocycles. The molecule has 0 saturated heterocycles. The van der Waals surface area contributed by atoms with Crippen LogP contribution in [0.5, 0.6) is 0 Å². The molecule has 20 heavy (non-hydrogen) atoms. The molecule has 0 unspecified atom stereocenters. The summed E-state index contributed by atoms with van der Waals surface area (Å²) in [5, 5.41) is 0. The first-order chi connectivity index (χ1) is 9.20. The first-order valence-corrected chi connectivity index (χ1v) is 6.39. The Morgan fingerprint density at radius 3 is 2.35 bits per heavy atom. The van der Waals surface area contributed by atoms with Crippen molar-refractivity contribution in [1.82, 2.24) is 0 Å². The lowest BCUT2D eigenvalue weighted by Crippen LogP contribution is -2.30. The molecule has 110 valence electrons. The molecule has 5 heteroatoms. The first kappa shape index (κ1) is 16.0. The van der Waals surface area contributed by atoms with Gasteiger partial charge in [-0.2, -0.15) is 0 Å². The van der Waals surface area contributed by atoms with Gasteiger partial charge in [0.1, 0.15) is 0 Å². The van der Waals surface area contributed by atoms with Gasteiger partial charge < -0.3 is 15.2 Å². The number of nitrogens with two attached hydrogens (primary N) is 1. The van der Waals surface area contributed by atoms with Crippen LogP contribution in [0, 0.1) is 0 Å². The number of rotatable bonds is 4. The monoisotopic (exact) mass is 279 g/mol. The standard InChI is InChI=1S/C15H21NO4/c1-9(2)20-13(17)11-8-10(6-7-12(11)16)15(3,4)14(18)19-5/h6-9H,16H2,1-5H3. The fraction of sp³-hybridized carbons (Fsp3) is 0.467. The van der Waals surface area contributed by atoms with E-state index < -0.39 is 11.4 Å². The highest BCUT2D eigenvalue weighted by molar-refractivity contribution is 5.96. The molecule has 0 aliphatic heterocycles. The van der Waals surface area contributed by atoms with E-state index in [1.807, 2.05) is 0 Å². The summed E-state index contributed by atoms with van der Waals surface area (Å²) in [7, 11) is 1.33. The normalized spacial score (nSPS) is 11.3. The molecular weight excluding hydrogens is 258 g/mol. The van der Waals surface area contributed by atoms with Gasteiger partial charge in [0.15, 0.2) is 0 Å². The topological polar surface area (TPSA) is 78.6 Å². The van der Waals surface area contributed by atoms with Crippen LogP contribution in [0.3, 0.4) is 0 Å². The van der Waals surface area contributed by atoms with Crippen LogP contribution in [-0.4, -0.2) is 25.2 Å². The van der Waals surface area contributed by atoms with Gasteiger partial charge in [0.25, 0.3) is 0 Å². The van der Waals surface area contributed by atoms with Gasteiger partial charge in [0.05, 0.1) is 24.2 Å². The molecule has 0 fully saturated rings. The average molecular weight is 279 g/mol. The van der Waals surface area contributed by atoms with Crippen LogP contribution >= 0.6 is 0 Å². The number of benzene rings is 1. The quantitative estimate of drug-likeness (QED) is 0.675. The van der Waals surface area contributed by atoms with Crippen molar-refractivity contribution in [2.75, 3.05) is 12.8 Å². The Balaban J connectivity index is 3.21. The molecule has 0 bridgehead atoms. The molecule has 0 heterocycles.